The average molecular weight is 301 g/mol. The minimum atomic E-state index is -0.652. The molecule has 0 spiro atoms. The third-order valence-corrected chi connectivity index (χ3v) is 3.77. The van der Waals surface area contributed by atoms with Gasteiger partial charge in [-0.15, -0.1) is 0 Å². The Morgan fingerprint density at radius 3 is 2.91 bits per heavy atom. The lowest BCUT2D eigenvalue weighted by Crippen LogP contribution is -2.21. The number of nitrogens with one attached hydrogen (secondary N) is 1. The highest BCUT2D eigenvalue weighted by molar-refractivity contribution is 5.92. The molecule has 0 bridgehead atoms. The highest BCUT2D eigenvalue weighted by atomic mass is 19.1. The van der Waals surface area contributed by atoms with Crippen molar-refractivity contribution in [1.29, 1.82) is 0 Å². The first kappa shape index (κ1) is 14.4. The van der Waals surface area contributed by atoms with Crippen LogP contribution in [0.1, 0.15) is 24.3 Å². The molecule has 4 nitrogen and oxygen atoms in total. The van der Waals surface area contributed by atoms with Gasteiger partial charge in [0.2, 0.25) is 5.91 Å². The topological polar surface area (TPSA) is 58.6 Å². The van der Waals surface area contributed by atoms with Crippen molar-refractivity contribution in [2.45, 2.75) is 18.8 Å². The van der Waals surface area contributed by atoms with Crippen LogP contribution in [0, 0.1) is 5.82 Å². The van der Waals surface area contributed by atoms with Crippen LogP contribution in [0.15, 0.2) is 42.5 Å². The molecule has 1 heterocycles. The second-order valence-corrected chi connectivity index (χ2v) is 5.26. The molecule has 1 aliphatic rings. The number of benzene rings is 2. The Morgan fingerprint density at radius 1 is 1.27 bits per heavy atom. The number of rotatable bonds is 3. The lowest BCUT2D eigenvalue weighted by molar-refractivity contribution is -0.116. The van der Waals surface area contributed by atoms with Gasteiger partial charge in [-0.25, -0.2) is 4.39 Å². The average Bonchev–Trinajstić information content (AvgIpc) is 2.51. The molecule has 0 saturated carbocycles. The minimum absolute atomic E-state index is 0.0267. The molecular formula is C17H16FNO3. The lowest BCUT2D eigenvalue weighted by atomic mass is 9.90. The molecule has 1 aliphatic heterocycles. The van der Waals surface area contributed by atoms with Gasteiger partial charge in [-0.2, -0.15) is 0 Å². The van der Waals surface area contributed by atoms with E-state index in [1.54, 1.807) is 0 Å². The van der Waals surface area contributed by atoms with Crippen molar-refractivity contribution < 1.29 is 19.0 Å². The lowest BCUT2D eigenvalue weighted by Gasteiger charge is -2.25. The molecule has 0 unspecified atom stereocenters. The van der Waals surface area contributed by atoms with Crippen LogP contribution in [0.25, 0.3) is 0 Å². The van der Waals surface area contributed by atoms with E-state index in [1.807, 2.05) is 24.3 Å². The number of para-hydroxylation sites is 2. The number of ether oxygens (including phenoxy) is 1. The van der Waals surface area contributed by atoms with Crippen molar-refractivity contribution in [3.8, 4) is 11.5 Å². The van der Waals surface area contributed by atoms with E-state index in [4.69, 9.17) is 4.74 Å². The van der Waals surface area contributed by atoms with E-state index in [2.05, 4.69) is 5.32 Å². The van der Waals surface area contributed by atoms with Crippen molar-refractivity contribution in [1.82, 2.24) is 0 Å². The van der Waals surface area contributed by atoms with Crippen molar-refractivity contribution in [3.63, 3.8) is 0 Å². The summed E-state index contributed by atoms with van der Waals surface area (Å²) < 4.78 is 19.2. The zero-order chi connectivity index (χ0) is 15.5. The molecule has 5 heteroatoms. The standard InChI is InChI=1S/C17H16FNO3/c18-13-5-3-6-14(20)17(13)19-16(21)10-11-8-9-22-15-7-2-1-4-12(11)15/h1-7,11,20H,8-10H2,(H,19,21)/t11-/m1/s1. The maximum absolute atomic E-state index is 13.6. The van der Waals surface area contributed by atoms with E-state index in [-0.39, 0.29) is 29.7 Å². The number of hydrogen-bond donors (Lipinski definition) is 2. The van der Waals surface area contributed by atoms with E-state index < -0.39 is 5.82 Å². The Bertz CT molecular complexity index is 682. The molecule has 2 aromatic rings. The molecule has 0 aliphatic carbocycles. The van der Waals surface area contributed by atoms with Gasteiger partial charge in [0.05, 0.1) is 6.61 Å². The number of anilines is 1. The van der Waals surface area contributed by atoms with Crippen LogP contribution in [-0.2, 0) is 4.79 Å². The molecule has 0 aromatic heterocycles. The third kappa shape index (κ3) is 2.88. The predicted molar refractivity (Wildman–Crippen MR) is 80.6 cm³/mol. The van der Waals surface area contributed by atoms with Crippen LogP contribution in [0.5, 0.6) is 11.5 Å². The summed E-state index contributed by atoms with van der Waals surface area (Å²) in [5, 5.41) is 12.1. The summed E-state index contributed by atoms with van der Waals surface area (Å²) in [4.78, 5) is 12.2. The van der Waals surface area contributed by atoms with Crippen LogP contribution in [-0.4, -0.2) is 17.6 Å². The molecule has 0 radical (unpaired) electrons. The fraction of sp³-hybridized carbons (Fsp3) is 0.235. The van der Waals surface area contributed by atoms with Gasteiger partial charge in [-0.1, -0.05) is 24.3 Å². The third-order valence-electron chi connectivity index (χ3n) is 3.77. The smallest absolute Gasteiger partial charge is 0.225 e. The first-order valence-electron chi connectivity index (χ1n) is 7.14. The Hall–Kier alpha value is -2.56. The Labute approximate surface area is 127 Å². The summed E-state index contributed by atoms with van der Waals surface area (Å²) >= 11 is 0. The molecule has 0 fully saturated rings. The maximum atomic E-state index is 13.6. The highest BCUT2D eigenvalue weighted by Gasteiger charge is 2.24. The van der Waals surface area contributed by atoms with E-state index in [0.717, 1.165) is 17.7 Å². The quantitative estimate of drug-likeness (QED) is 0.854. The Morgan fingerprint density at radius 2 is 2.09 bits per heavy atom. The summed E-state index contributed by atoms with van der Waals surface area (Å²) in [5.74, 6) is -0.442. The van der Waals surface area contributed by atoms with Gasteiger partial charge in [0, 0.05) is 6.42 Å². The van der Waals surface area contributed by atoms with E-state index in [9.17, 15) is 14.3 Å². The van der Waals surface area contributed by atoms with E-state index in [0.29, 0.717) is 6.61 Å². The summed E-state index contributed by atoms with van der Waals surface area (Å²) in [5.41, 5.74) is 0.814. The monoisotopic (exact) mass is 301 g/mol. The molecule has 0 saturated heterocycles. The summed E-state index contributed by atoms with van der Waals surface area (Å²) in [6.07, 6.45) is 0.946. The van der Waals surface area contributed by atoms with Gasteiger partial charge in [-0.05, 0) is 36.1 Å². The van der Waals surface area contributed by atoms with Crippen LogP contribution in [0.2, 0.25) is 0 Å². The van der Waals surface area contributed by atoms with Crippen LogP contribution in [0.3, 0.4) is 0 Å². The number of amides is 1. The molecule has 1 atom stereocenters. The summed E-state index contributed by atoms with van der Waals surface area (Å²) in [6.45, 7) is 0.555. The second kappa shape index (κ2) is 6.05. The number of aromatic hydroxyl groups is 1. The first-order valence-corrected chi connectivity index (χ1v) is 7.14. The number of fused-ring (bicyclic) bond motifs is 1. The van der Waals surface area contributed by atoms with Gasteiger partial charge in [0.1, 0.15) is 17.2 Å². The van der Waals surface area contributed by atoms with Crippen molar-refractivity contribution >= 4 is 11.6 Å². The summed E-state index contributed by atoms with van der Waals surface area (Å²) in [6, 6.07) is 11.5. The van der Waals surface area contributed by atoms with Crippen molar-refractivity contribution in [3.05, 3.63) is 53.8 Å². The van der Waals surface area contributed by atoms with Crippen molar-refractivity contribution in [2.24, 2.45) is 0 Å². The maximum Gasteiger partial charge on any atom is 0.225 e. The largest absolute Gasteiger partial charge is 0.506 e. The van der Waals surface area contributed by atoms with Crippen LogP contribution in [0.4, 0.5) is 10.1 Å². The van der Waals surface area contributed by atoms with Crippen LogP contribution >= 0.6 is 0 Å². The summed E-state index contributed by atoms with van der Waals surface area (Å²) in [7, 11) is 0. The van der Waals surface area contributed by atoms with Gasteiger partial charge in [0.25, 0.3) is 0 Å². The number of hydrogen-bond acceptors (Lipinski definition) is 3. The molecule has 114 valence electrons. The van der Waals surface area contributed by atoms with Gasteiger partial charge < -0.3 is 15.2 Å². The zero-order valence-corrected chi connectivity index (χ0v) is 11.9. The number of phenolic OH excluding ortho intramolecular Hbond substituents is 1. The van der Waals surface area contributed by atoms with Gasteiger partial charge >= 0.3 is 0 Å². The van der Waals surface area contributed by atoms with Gasteiger partial charge in [0.15, 0.2) is 5.82 Å². The number of phenols is 1. The SMILES string of the molecule is O=C(C[C@H]1CCOc2ccccc21)Nc1c(O)cccc1F. The first-order chi connectivity index (χ1) is 10.6. The predicted octanol–water partition coefficient (Wildman–Crippen LogP) is 3.43. The normalized spacial score (nSPS) is 16.5. The van der Waals surface area contributed by atoms with E-state index >= 15 is 0 Å². The Kier molecular flexibility index (Phi) is 3.96. The number of halogens is 1. The molecule has 22 heavy (non-hydrogen) atoms. The fourth-order valence-electron chi connectivity index (χ4n) is 2.68. The second-order valence-electron chi connectivity index (χ2n) is 5.26. The molecular weight excluding hydrogens is 285 g/mol. The zero-order valence-electron chi connectivity index (χ0n) is 11.9. The molecule has 3 rings (SSSR count). The molecule has 2 N–H and O–H groups in total. The van der Waals surface area contributed by atoms with Gasteiger partial charge in [-0.3, -0.25) is 4.79 Å². The van der Waals surface area contributed by atoms with E-state index in [1.165, 1.54) is 18.2 Å². The minimum Gasteiger partial charge on any atom is -0.506 e. The van der Waals surface area contributed by atoms with Crippen molar-refractivity contribution in [2.75, 3.05) is 11.9 Å². The Balaban J connectivity index is 1.73. The molecule has 1 amide bonds. The van der Waals surface area contributed by atoms with Crippen LogP contribution < -0.4 is 10.1 Å². The fourth-order valence-corrected chi connectivity index (χ4v) is 2.68. The number of carbonyl (C=O) groups excluding carboxylic acids is 1. The number of carbonyl (C=O) groups is 1. The highest BCUT2D eigenvalue weighted by Crippen LogP contribution is 2.36. The molecule has 2 aromatic carbocycles.